The molecule has 2 aliphatic carbocycles. The fourth-order valence-corrected chi connectivity index (χ4v) is 2.76. The molecular weight excluding hydrogens is 234 g/mol. The van der Waals surface area contributed by atoms with E-state index in [1.54, 1.807) is 0 Å². The van der Waals surface area contributed by atoms with Crippen molar-refractivity contribution in [3.8, 4) is 0 Å². The lowest BCUT2D eigenvalue weighted by atomic mass is 10.1. The third kappa shape index (κ3) is 2.36. The first-order valence-electron chi connectivity index (χ1n) is 6.78. The molecule has 2 saturated carbocycles. The molecule has 1 saturated heterocycles. The van der Waals surface area contributed by atoms with Gasteiger partial charge in [0, 0.05) is 25.1 Å². The van der Waals surface area contributed by atoms with Gasteiger partial charge in [0.1, 0.15) is 0 Å². The molecule has 1 amide bonds. The van der Waals surface area contributed by atoms with Gasteiger partial charge in [-0.1, -0.05) is 0 Å². The fraction of sp³-hybridized carbons (Fsp3) is 0.846. The number of nitrogens with zero attached hydrogens (tertiary/aromatic N) is 1. The highest BCUT2D eigenvalue weighted by atomic mass is 16.5. The summed E-state index contributed by atoms with van der Waals surface area (Å²) in [5.74, 6) is -1.01. The molecule has 0 unspecified atom stereocenters. The summed E-state index contributed by atoms with van der Waals surface area (Å²) in [4.78, 5) is 25.1. The lowest BCUT2D eigenvalue weighted by Gasteiger charge is -2.25. The molecule has 3 aliphatic rings. The Morgan fingerprint density at radius 1 is 1.22 bits per heavy atom. The van der Waals surface area contributed by atoms with Crippen LogP contribution in [0.4, 0.5) is 0 Å². The van der Waals surface area contributed by atoms with Crippen molar-refractivity contribution < 1.29 is 19.4 Å². The van der Waals surface area contributed by atoms with Gasteiger partial charge in [-0.25, -0.2) is 0 Å². The van der Waals surface area contributed by atoms with Crippen LogP contribution in [-0.4, -0.2) is 47.7 Å². The third-order valence-corrected chi connectivity index (χ3v) is 4.17. The summed E-state index contributed by atoms with van der Waals surface area (Å²) >= 11 is 0. The quantitative estimate of drug-likeness (QED) is 0.784. The van der Waals surface area contributed by atoms with E-state index in [-0.39, 0.29) is 11.8 Å². The van der Waals surface area contributed by atoms with Crippen LogP contribution in [-0.2, 0) is 14.3 Å². The molecule has 0 aromatic carbocycles. The summed E-state index contributed by atoms with van der Waals surface area (Å²) in [6.45, 7) is 2.29. The highest BCUT2D eigenvalue weighted by Gasteiger charge is 2.51. The number of carbonyl (C=O) groups is 2. The van der Waals surface area contributed by atoms with Crippen LogP contribution in [0.2, 0.25) is 0 Å². The topological polar surface area (TPSA) is 66.8 Å². The van der Waals surface area contributed by atoms with Gasteiger partial charge in [0.2, 0.25) is 5.91 Å². The number of hydrogen-bond donors (Lipinski definition) is 1. The zero-order valence-electron chi connectivity index (χ0n) is 10.4. The van der Waals surface area contributed by atoms with Crippen LogP contribution in [0.25, 0.3) is 0 Å². The maximum Gasteiger partial charge on any atom is 0.307 e. The first-order chi connectivity index (χ1) is 8.66. The molecule has 1 aliphatic heterocycles. The number of amides is 1. The van der Waals surface area contributed by atoms with Gasteiger partial charge in [0.05, 0.1) is 18.4 Å². The van der Waals surface area contributed by atoms with Crippen molar-refractivity contribution in [3.05, 3.63) is 0 Å². The zero-order valence-corrected chi connectivity index (χ0v) is 10.4. The molecule has 0 spiro atoms. The van der Waals surface area contributed by atoms with E-state index in [0.29, 0.717) is 18.4 Å². The van der Waals surface area contributed by atoms with E-state index in [9.17, 15) is 9.59 Å². The van der Waals surface area contributed by atoms with Gasteiger partial charge < -0.3 is 14.7 Å². The maximum absolute atomic E-state index is 12.3. The van der Waals surface area contributed by atoms with E-state index in [2.05, 4.69) is 0 Å². The summed E-state index contributed by atoms with van der Waals surface area (Å²) < 4.78 is 5.34. The summed E-state index contributed by atoms with van der Waals surface area (Å²) in [6.07, 6.45) is 3.69. The minimum Gasteiger partial charge on any atom is -0.481 e. The average molecular weight is 253 g/mol. The van der Waals surface area contributed by atoms with Gasteiger partial charge in [-0.2, -0.15) is 0 Å². The first kappa shape index (κ1) is 12.0. The van der Waals surface area contributed by atoms with Crippen LogP contribution < -0.4 is 0 Å². The lowest BCUT2D eigenvalue weighted by molar-refractivity contribution is -0.142. The van der Waals surface area contributed by atoms with Crippen molar-refractivity contribution in [1.82, 2.24) is 4.90 Å². The smallest absolute Gasteiger partial charge is 0.307 e. The molecule has 18 heavy (non-hydrogen) atoms. The predicted molar refractivity (Wildman–Crippen MR) is 62.9 cm³/mol. The molecule has 0 aromatic heterocycles. The molecule has 0 bridgehead atoms. The van der Waals surface area contributed by atoms with Crippen molar-refractivity contribution in [3.63, 3.8) is 0 Å². The highest BCUT2D eigenvalue weighted by Crippen LogP contribution is 2.42. The summed E-state index contributed by atoms with van der Waals surface area (Å²) in [6, 6.07) is 0.369. The molecule has 1 heterocycles. The van der Waals surface area contributed by atoms with Crippen molar-refractivity contribution in [1.29, 1.82) is 0 Å². The Morgan fingerprint density at radius 2 is 2.00 bits per heavy atom. The lowest BCUT2D eigenvalue weighted by Crippen LogP contribution is -2.39. The predicted octanol–water partition coefficient (Wildman–Crippen LogP) is 0.735. The van der Waals surface area contributed by atoms with Crippen LogP contribution in [0.15, 0.2) is 0 Å². The molecule has 0 aromatic rings. The Hall–Kier alpha value is -1.10. The van der Waals surface area contributed by atoms with Gasteiger partial charge in [-0.05, 0) is 25.7 Å². The van der Waals surface area contributed by atoms with Crippen molar-refractivity contribution in [2.24, 2.45) is 17.8 Å². The van der Waals surface area contributed by atoms with Crippen LogP contribution >= 0.6 is 0 Å². The molecule has 0 radical (unpaired) electrons. The molecule has 3 atom stereocenters. The van der Waals surface area contributed by atoms with Crippen LogP contribution in [0.5, 0.6) is 0 Å². The standard InChI is InChI=1S/C13H19NO4/c15-12(10-5-11(10)13(16)17)14(9-1-2-9)6-8-3-4-18-7-8/h8-11H,1-7H2,(H,16,17)/t8-,10-,11+/m0/s1. The largest absolute Gasteiger partial charge is 0.481 e. The van der Waals surface area contributed by atoms with Crippen LogP contribution in [0, 0.1) is 17.8 Å². The second-order valence-corrected chi connectivity index (χ2v) is 5.74. The number of aliphatic carboxylic acids is 1. The van der Waals surface area contributed by atoms with Gasteiger partial charge in [-0.3, -0.25) is 9.59 Å². The minimum atomic E-state index is -0.826. The number of carboxylic acids is 1. The molecule has 5 nitrogen and oxygen atoms in total. The number of rotatable bonds is 5. The Balaban J connectivity index is 1.59. The zero-order chi connectivity index (χ0) is 12.7. The Kier molecular flexibility index (Phi) is 3.01. The fourth-order valence-electron chi connectivity index (χ4n) is 2.76. The average Bonchev–Trinajstić information content (AvgIpc) is 3.24. The van der Waals surface area contributed by atoms with Gasteiger partial charge >= 0.3 is 5.97 Å². The summed E-state index contributed by atoms with van der Waals surface area (Å²) in [5.41, 5.74) is 0. The van der Waals surface area contributed by atoms with Gasteiger partial charge in [-0.15, -0.1) is 0 Å². The Labute approximate surface area is 106 Å². The molecule has 5 heteroatoms. The number of hydrogen-bond acceptors (Lipinski definition) is 3. The monoisotopic (exact) mass is 253 g/mol. The second kappa shape index (κ2) is 4.53. The molecule has 100 valence electrons. The van der Waals surface area contributed by atoms with E-state index in [4.69, 9.17) is 9.84 Å². The number of ether oxygens (including phenoxy) is 1. The van der Waals surface area contributed by atoms with Gasteiger partial charge in [0.15, 0.2) is 0 Å². The Morgan fingerprint density at radius 3 is 2.50 bits per heavy atom. The molecule has 3 rings (SSSR count). The van der Waals surface area contributed by atoms with E-state index >= 15 is 0 Å². The van der Waals surface area contributed by atoms with Gasteiger partial charge in [0.25, 0.3) is 0 Å². The van der Waals surface area contributed by atoms with E-state index in [1.807, 2.05) is 4.90 Å². The normalized spacial score (nSPS) is 34.3. The highest BCUT2D eigenvalue weighted by molar-refractivity contribution is 5.89. The number of carbonyl (C=O) groups excluding carboxylic acids is 1. The van der Waals surface area contributed by atoms with Crippen molar-refractivity contribution in [2.75, 3.05) is 19.8 Å². The van der Waals surface area contributed by atoms with E-state index in [1.165, 1.54) is 0 Å². The van der Waals surface area contributed by atoms with Crippen LogP contribution in [0.1, 0.15) is 25.7 Å². The van der Waals surface area contributed by atoms with Crippen molar-refractivity contribution >= 4 is 11.9 Å². The van der Waals surface area contributed by atoms with Crippen molar-refractivity contribution in [2.45, 2.75) is 31.7 Å². The molecule has 3 fully saturated rings. The summed E-state index contributed by atoms with van der Waals surface area (Å²) in [5, 5.41) is 8.90. The Bertz CT molecular complexity index is 360. The number of carboxylic acid groups (broad SMARTS) is 1. The van der Waals surface area contributed by atoms with E-state index in [0.717, 1.165) is 39.0 Å². The summed E-state index contributed by atoms with van der Waals surface area (Å²) in [7, 11) is 0. The third-order valence-electron chi connectivity index (χ3n) is 4.17. The first-order valence-corrected chi connectivity index (χ1v) is 6.78. The van der Waals surface area contributed by atoms with Crippen LogP contribution in [0.3, 0.4) is 0 Å². The second-order valence-electron chi connectivity index (χ2n) is 5.74. The maximum atomic E-state index is 12.3. The molecular formula is C13H19NO4. The SMILES string of the molecule is O=C(O)[C@@H]1C[C@@H]1C(=O)N(C[C@@H]1CCOC1)C1CC1. The minimum absolute atomic E-state index is 0.0665. The van der Waals surface area contributed by atoms with E-state index < -0.39 is 11.9 Å². The molecule has 1 N–H and O–H groups in total.